The van der Waals surface area contributed by atoms with Crippen molar-refractivity contribution in [2.45, 2.75) is 38.8 Å². The summed E-state index contributed by atoms with van der Waals surface area (Å²) in [4.78, 5) is 13.7. The fourth-order valence-corrected chi connectivity index (χ4v) is 2.04. The predicted molar refractivity (Wildman–Crippen MR) is 70.9 cm³/mol. The van der Waals surface area contributed by atoms with Crippen LogP contribution in [0.3, 0.4) is 0 Å². The van der Waals surface area contributed by atoms with E-state index in [4.69, 9.17) is 4.74 Å². The summed E-state index contributed by atoms with van der Waals surface area (Å²) in [5.41, 5.74) is 0. The van der Waals surface area contributed by atoms with E-state index >= 15 is 0 Å². The summed E-state index contributed by atoms with van der Waals surface area (Å²) < 4.78 is 5.73. The topological polar surface area (TPSA) is 67.4 Å². The molecule has 6 nitrogen and oxygen atoms in total. The van der Waals surface area contributed by atoms with Gasteiger partial charge in [0.1, 0.15) is 6.10 Å². The van der Waals surface area contributed by atoms with Crippen molar-refractivity contribution < 1.29 is 9.53 Å². The molecule has 1 aromatic rings. The van der Waals surface area contributed by atoms with Crippen molar-refractivity contribution in [3.8, 4) is 5.88 Å². The van der Waals surface area contributed by atoms with Crippen molar-refractivity contribution in [1.29, 1.82) is 0 Å². The van der Waals surface area contributed by atoms with Gasteiger partial charge < -0.3 is 15.0 Å². The average molecular weight is 264 g/mol. The van der Waals surface area contributed by atoms with Crippen LogP contribution >= 0.6 is 0 Å². The highest BCUT2D eigenvalue weighted by Crippen LogP contribution is 2.16. The molecule has 1 fully saturated rings. The number of nitrogens with one attached hydrogen (secondary N) is 1. The highest BCUT2D eigenvalue weighted by atomic mass is 16.5. The van der Waals surface area contributed by atoms with Gasteiger partial charge in [0.2, 0.25) is 5.88 Å². The second kappa shape index (κ2) is 6.36. The van der Waals surface area contributed by atoms with E-state index in [2.05, 4.69) is 15.5 Å². The van der Waals surface area contributed by atoms with Crippen LogP contribution in [-0.2, 0) is 0 Å². The number of hydrogen-bond acceptors (Lipinski definition) is 4. The second-order valence-corrected chi connectivity index (χ2v) is 4.97. The Morgan fingerprint density at radius 2 is 2.21 bits per heavy atom. The summed E-state index contributed by atoms with van der Waals surface area (Å²) in [5.74, 6) is 0.549. The van der Waals surface area contributed by atoms with E-state index in [1.807, 2.05) is 18.7 Å². The Balaban J connectivity index is 1.78. The van der Waals surface area contributed by atoms with Crippen molar-refractivity contribution in [3.05, 3.63) is 18.3 Å². The van der Waals surface area contributed by atoms with Gasteiger partial charge in [-0.05, 0) is 19.9 Å². The molecule has 1 aromatic heterocycles. The van der Waals surface area contributed by atoms with Gasteiger partial charge in [0.25, 0.3) is 0 Å². The molecule has 19 heavy (non-hydrogen) atoms. The van der Waals surface area contributed by atoms with Crippen LogP contribution < -0.4 is 10.1 Å². The van der Waals surface area contributed by atoms with Crippen LogP contribution in [0.2, 0.25) is 0 Å². The van der Waals surface area contributed by atoms with Gasteiger partial charge in [0.05, 0.1) is 0 Å². The molecule has 0 bridgehead atoms. The number of nitrogens with zero attached hydrogens (tertiary/aromatic N) is 3. The fraction of sp³-hybridized carbons (Fsp3) is 0.615. The Morgan fingerprint density at radius 1 is 1.47 bits per heavy atom. The van der Waals surface area contributed by atoms with Crippen molar-refractivity contribution in [1.82, 2.24) is 20.4 Å². The Kier molecular flexibility index (Phi) is 4.54. The molecule has 104 valence electrons. The maximum Gasteiger partial charge on any atom is 0.317 e. The minimum Gasteiger partial charge on any atom is -0.473 e. The summed E-state index contributed by atoms with van der Waals surface area (Å²) in [7, 11) is 0. The Morgan fingerprint density at radius 3 is 2.79 bits per heavy atom. The van der Waals surface area contributed by atoms with Crippen molar-refractivity contribution in [3.63, 3.8) is 0 Å². The molecule has 6 heteroatoms. The SMILES string of the molecule is CC(C)NC(=O)N1CCC(Oc2cccnn2)CC1. The molecular formula is C13H20N4O2. The van der Waals surface area contributed by atoms with E-state index in [0.717, 1.165) is 12.8 Å². The molecule has 0 aromatic carbocycles. The standard InChI is InChI=1S/C13H20N4O2/c1-10(2)15-13(18)17-8-5-11(6-9-17)19-12-4-3-7-14-16-12/h3-4,7,10-11H,5-6,8-9H2,1-2H3,(H,15,18). The number of aromatic nitrogens is 2. The van der Waals surface area contributed by atoms with Crippen molar-refractivity contribution >= 4 is 6.03 Å². The Labute approximate surface area is 113 Å². The molecule has 0 atom stereocenters. The van der Waals surface area contributed by atoms with Gasteiger partial charge in [0.15, 0.2) is 0 Å². The number of likely N-dealkylation sites (tertiary alicyclic amines) is 1. The van der Waals surface area contributed by atoms with E-state index in [-0.39, 0.29) is 18.2 Å². The van der Waals surface area contributed by atoms with E-state index < -0.39 is 0 Å². The lowest BCUT2D eigenvalue weighted by Gasteiger charge is -2.32. The molecule has 0 radical (unpaired) electrons. The number of rotatable bonds is 3. The third kappa shape index (κ3) is 4.08. The number of piperidine rings is 1. The normalized spacial score (nSPS) is 16.5. The number of ether oxygens (including phenoxy) is 1. The van der Waals surface area contributed by atoms with Gasteiger partial charge in [-0.25, -0.2) is 4.79 Å². The van der Waals surface area contributed by atoms with Gasteiger partial charge in [-0.15, -0.1) is 5.10 Å². The molecule has 0 aliphatic carbocycles. The first-order valence-electron chi connectivity index (χ1n) is 6.65. The predicted octanol–water partition coefficient (Wildman–Crippen LogP) is 1.44. The third-order valence-electron chi connectivity index (χ3n) is 2.98. The summed E-state index contributed by atoms with van der Waals surface area (Å²) in [5, 5.41) is 10.6. The molecule has 0 saturated carbocycles. The average Bonchev–Trinajstić information content (AvgIpc) is 2.40. The maximum atomic E-state index is 11.8. The number of urea groups is 1. The minimum absolute atomic E-state index is 0.00736. The monoisotopic (exact) mass is 264 g/mol. The smallest absolute Gasteiger partial charge is 0.317 e. The summed E-state index contributed by atoms with van der Waals surface area (Å²) in [6.07, 6.45) is 3.37. The van der Waals surface area contributed by atoms with Gasteiger partial charge >= 0.3 is 6.03 Å². The molecule has 1 N–H and O–H groups in total. The third-order valence-corrected chi connectivity index (χ3v) is 2.98. The number of carbonyl (C=O) groups excluding carboxylic acids is 1. The van der Waals surface area contributed by atoms with Gasteiger partial charge in [-0.2, -0.15) is 5.10 Å². The van der Waals surface area contributed by atoms with Crippen LogP contribution in [0.25, 0.3) is 0 Å². The molecular weight excluding hydrogens is 244 g/mol. The minimum atomic E-state index is 0.00736. The lowest BCUT2D eigenvalue weighted by atomic mass is 10.1. The first-order valence-corrected chi connectivity index (χ1v) is 6.65. The van der Waals surface area contributed by atoms with Gasteiger partial charge in [0, 0.05) is 44.2 Å². The van der Waals surface area contributed by atoms with Crippen molar-refractivity contribution in [2.24, 2.45) is 0 Å². The lowest BCUT2D eigenvalue weighted by Crippen LogP contribution is -2.48. The zero-order valence-electron chi connectivity index (χ0n) is 11.4. The van der Waals surface area contributed by atoms with Crippen LogP contribution in [0, 0.1) is 0 Å². The number of hydrogen-bond donors (Lipinski definition) is 1. The first-order chi connectivity index (χ1) is 9.15. The molecule has 1 aliphatic rings. The van der Waals surface area contributed by atoms with Crippen LogP contribution in [0.1, 0.15) is 26.7 Å². The molecule has 0 spiro atoms. The molecule has 2 amide bonds. The van der Waals surface area contributed by atoms with E-state index in [9.17, 15) is 4.79 Å². The largest absolute Gasteiger partial charge is 0.473 e. The molecule has 2 heterocycles. The lowest BCUT2D eigenvalue weighted by molar-refractivity contribution is 0.106. The van der Waals surface area contributed by atoms with Crippen LogP contribution in [0.5, 0.6) is 5.88 Å². The summed E-state index contributed by atoms with van der Waals surface area (Å²) in [6, 6.07) is 3.77. The highest BCUT2D eigenvalue weighted by molar-refractivity contribution is 5.74. The van der Waals surface area contributed by atoms with E-state index in [1.54, 1.807) is 18.3 Å². The van der Waals surface area contributed by atoms with Crippen molar-refractivity contribution in [2.75, 3.05) is 13.1 Å². The Bertz CT molecular complexity index is 402. The zero-order chi connectivity index (χ0) is 13.7. The van der Waals surface area contributed by atoms with Crippen LogP contribution in [0.4, 0.5) is 4.79 Å². The molecule has 2 rings (SSSR count). The zero-order valence-corrected chi connectivity index (χ0v) is 11.4. The first kappa shape index (κ1) is 13.6. The highest BCUT2D eigenvalue weighted by Gasteiger charge is 2.24. The fourth-order valence-electron chi connectivity index (χ4n) is 2.04. The van der Waals surface area contributed by atoms with E-state index in [0.29, 0.717) is 19.0 Å². The quantitative estimate of drug-likeness (QED) is 0.897. The second-order valence-electron chi connectivity index (χ2n) is 4.97. The molecule has 1 saturated heterocycles. The number of carbonyl (C=O) groups is 1. The summed E-state index contributed by atoms with van der Waals surface area (Å²) in [6.45, 7) is 5.34. The number of amides is 2. The van der Waals surface area contributed by atoms with E-state index in [1.165, 1.54) is 0 Å². The van der Waals surface area contributed by atoms with Crippen LogP contribution in [-0.4, -0.2) is 46.4 Å². The van der Waals surface area contributed by atoms with Crippen LogP contribution in [0.15, 0.2) is 18.3 Å². The maximum absolute atomic E-state index is 11.8. The molecule has 0 unspecified atom stereocenters. The Hall–Kier alpha value is -1.85. The molecule has 1 aliphatic heterocycles. The summed E-state index contributed by atoms with van der Waals surface area (Å²) >= 11 is 0. The van der Waals surface area contributed by atoms with Gasteiger partial charge in [-0.3, -0.25) is 0 Å². The van der Waals surface area contributed by atoms with Gasteiger partial charge in [-0.1, -0.05) is 0 Å².